The summed E-state index contributed by atoms with van der Waals surface area (Å²) in [5, 5.41) is 15.0. The molecule has 1 atom stereocenters. The van der Waals surface area contributed by atoms with Crippen LogP contribution in [-0.2, 0) is 9.47 Å². The lowest BCUT2D eigenvalue weighted by atomic mass is 10.1. The second kappa shape index (κ2) is 11.8. The SMILES string of the molecule is COC(=O)c1sccc1NC(=O)c1ccc(N2CCCC2)cc1OC1CCN(C(O)OC(C)(C)C)CC1. The van der Waals surface area contributed by atoms with E-state index in [9.17, 15) is 14.7 Å². The van der Waals surface area contributed by atoms with Crippen LogP contribution in [0.15, 0.2) is 29.6 Å². The van der Waals surface area contributed by atoms with Gasteiger partial charge in [-0.3, -0.25) is 9.69 Å². The maximum atomic E-state index is 13.3. The molecule has 2 fully saturated rings. The topological polar surface area (TPSA) is 101 Å². The first kappa shape index (κ1) is 27.4. The molecule has 4 rings (SSSR count). The van der Waals surface area contributed by atoms with Crippen molar-refractivity contribution in [1.82, 2.24) is 4.90 Å². The zero-order valence-electron chi connectivity index (χ0n) is 22.0. The number of nitrogens with one attached hydrogen (secondary N) is 1. The number of anilines is 2. The standard InChI is InChI=1S/C27H37N3O6S/c1-27(2,3)36-26(33)30-14-9-19(10-15-30)35-22-17-18(29-12-5-6-13-29)7-8-20(22)24(31)28-21-11-16-37-23(21)25(32)34-4/h7-8,11,16-17,19,26,33H,5-6,9-10,12-15H2,1-4H3,(H,28,31). The molecule has 0 radical (unpaired) electrons. The second-order valence-electron chi connectivity index (χ2n) is 10.4. The van der Waals surface area contributed by atoms with Gasteiger partial charge in [-0.2, -0.15) is 0 Å². The van der Waals surface area contributed by atoms with Crippen molar-refractivity contribution in [3.63, 3.8) is 0 Å². The molecule has 0 bridgehead atoms. The number of esters is 1. The number of hydrogen-bond acceptors (Lipinski definition) is 9. The van der Waals surface area contributed by atoms with E-state index in [2.05, 4.69) is 10.2 Å². The number of piperidine rings is 1. The molecule has 1 unspecified atom stereocenters. The summed E-state index contributed by atoms with van der Waals surface area (Å²) >= 11 is 1.21. The number of carbonyl (C=O) groups is 2. The van der Waals surface area contributed by atoms with Gasteiger partial charge in [0.1, 0.15) is 16.7 Å². The Morgan fingerprint density at radius 3 is 2.46 bits per heavy atom. The molecule has 2 N–H and O–H groups in total. The van der Waals surface area contributed by atoms with E-state index in [4.69, 9.17) is 14.2 Å². The molecule has 10 heteroatoms. The molecule has 9 nitrogen and oxygen atoms in total. The predicted octanol–water partition coefficient (Wildman–Crippen LogP) is 4.32. The quantitative estimate of drug-likeness (QED) is 0.384. The Labute approximate surface area is 222 Å². The minimum atomic E-state index is -0.963. The molecule has 0 spiro atoms. The minimum Gasteiger partial charge on any atom is -0.489 e. The summed E-state index contributed by atoms with van der Waals surface area (Å²) in [7, 11) is 1.32. The van der Waals surface area contributed by atoms with E-state index in [1.165, 1.54) is 18.4 Å². The van der Waals surface area contributed by atoms with Gasteiger partial charge in [0.15, 0.2) is 0 Å². The highest BCUT2D eigenvalue weighted by molar-refractivity contribution is 7.12. The highest BCUT2D eigenvalue weighted by Gasteiger charge is 2.29. The van der Waals surface area contributed by atoms with E-state index in [0.29, 0.717) is 47.8 Å². The summed E-state index contributed by atoms with van der Waals surface area (Å²) in [6, 6.07) is 7.37. The van der Waals surface area contributed by atoms with Crippen molar-refractivity contribution in [1.29, 1.82) is 0 Å². The first-order chi connectivity index (χ1) is 17.6. The van der Waals surface area contributed by atoms with Gasteiger partial charge in [-0.1, -0.05) is 0 Å². The number of hydrogen-bond donors (Lipinski definition) is 2. The fourth-order valence-electron chi connectivity index (χ4n) is 4.60. The number of thiophene rings is 1. The molecule has 0 saturated carbocycles. The monoisotopic (exact) mass is 531 g/mol. The molecule has 2 aromatic rings. The van der Waals surface area contributed by atoms with Crippen molar-refractivity contribution in [3.8, 4) is 5.75 Å². The van der Waals surface area contributed by atoms with Crippen LogP contribution in [-0.4, -0.2) is 73.3 Å². The Balaban J connectivity index is 1.49. The van der Waals surface area contributed by atoms with Gasteiger partial charge in [-0.15, -0.1) is 11.3 Å². The number of benzene rings is 1. The molecule has 202 valence electrons. The van der Waals surface area contributed by atoms with Crippen molar-refractivity contribution in [2.75, 3.05) is 43.5 Å². The average molecular weight is 532 g/mol. The maximum absolute atomic E-state index is 13.3. The molecular weight excluding hydrogens is 494 g/mol. The van der Waals surface area contributed by atoms with E-state index >= 15 is 0 Å². The molecule has 2 aliphatic rings. The van der Waals surface area contributed by atoms with Crippen molar-refractivity contribution in [2.24, 2.45) is 0 Å². The summed E-state index contributed by atoms with van der Waals surface area (Å²) in [4.78, 5) is 29.9. The summed E-state index contributed by atoms with van der Waals surface area (Å²) in [5.41, 5.74) is 1.41. The number of methoxy groups -OCH3 is 1. The summed E-state index contributed by atoms with van der Waals surface area (Å²) < 4.78 is 16.9. The number of ether oxygens (including phenoxy) is 3. The number of likely N-dealkylation sites (tertiary alicyclic amines) is 1. The number of nitrogens with zero attached hydrogens (tertiary/aromatic N) is 2. The third-order valence-corrected chi connectivity index (χ3v) is 7.40. The Hall–Kier alpha value is -2.66. The highest BCUT2D eigenvalue weighted by atomic mass is 32.1. The van der Waals surface area contributed by atoms with Gasteiger partial charge in [0, 0.05) is 37.9 Å². The van der Waals surface area contributed by atoms with Crippen molar-refractivity contribution >= 4 is 34.6 Å². The van der Waals surface area contributed by atoms with E-state index in [-0.39, 0.29) is 12.0 Å². The molecule has 3 heterocycles. The minimum absolute atomic E-state index is 0.106. The summed E-state index contributed by atoms with van der Waals surface area (Å²) in [5.74, 6) is -0.324. The predicted molar refractivity (Wildman–Crippen MR) is 144 cm³/mol. The number of aliphatic hydroxyl groups is 1. The number of aliphatic hydroxyl groups excluding tert-OH is 1. The van der Waals surface area contributed by atoms with Crippen LogP contribution in [0.5, 0.6) is 5.75 Å². The molecule has 2 aliphatic heterocycles. The van der Waals surface area contributed by atoms with Crippen LogP contribution in [0.1, 0.15) is 66.5 Å². The zero-order chi connectivity index (χ0) is 26.6. The van der Waals surface area contributed by atoms with Crippen molar-refractivity contribution < 1.29 is 28.9 Å². The number of carbonyl (C=O) groups excluding carboxylic acids is 2. The molecule has 0 aliphatic carbocycles. The molecule has 1 aromatic heterocycles. The first-order valence-corrected chi connectivity index (χ1v) is 13.7. The van der Waals surface area contributed by atoms with Gasteiger partial charge in [0.2, 0.25) is 6.41 Å². The summed E-state index contributed by atoms with van der Waals surface area (Å²) in [6.07, 6.45) is 2.60. The molecule has 1 amide bonds. The Morgan fingerprint density at radius 1 is 1.11 bits per heavy atom. The fraction of sp³-hybridized carbons (Fsp3) is 0.556. The second-order valence-corrected chi connectivity index (χ2v) is 11.3. The Kier molecular flexibility index (Phi) is 8.74. The third-order valence-electron chi connectivity index (χ3n) is 6.51. The molecule has 37 heavy (non-hydrogen) atoms. The van der Waals surface area contributed by atoms with E-state index in [1.807, 2.05) is 37.8 Å². The van der Waals surface area contributed by atoms with E-state index < -0.39 is 18.0 Å². The lowest BCUT2D eigenvalue weighted by Gasteiger charge is -2.37. The van der Waals surface area contributed by atoms with Gasteiger partial charge in [0.25, 0.3) is 5.91 Å². The largest absolute Gasteiger partial charge is 0.489 e. The van der Waals surface area contributed by atoms with Gasteiger partial charge in [-0.25, -0.2) is 4.79 Å². The van der Waals surface area contributed by atoms with Gasteiger partial charge < -0.3 is 29.5 Å². The van der Waals surface area contributed by atoms with E-state index in [1.54, 1.807) is 17.5 Å². The average Bonchev–Trinajstić information content (AvgIpc) is 3.55. The fourth-order valence-corrected chi connectivity index (χ4v) is 5.37. The van der Waals surface area contributed by atoms with Gasteiger partial charge in [-0.05, 0) is 70.0 Å². The number of amides is 1. The smallest absolute Gasteiger partial charge is 0.350 e. The van der Waals surface area contributed by atoms with Gasteiger partial charge in [0.05, 0.1) is 24.0 Å². The lowest BCUT2D eigenvalue weighted by molar-refractivity contribution is -0.244. The number of rotatable bonds is 8. The van der Waals surface area contributed by atoms with Crippen molar-refractivity contribution in [3.05, 3.63) is 40.1 Å². The van der Waals surface area contributed by atoms with Crippen LogP contribution in [0.2, 0.25) is 0 Å². The molecular formula is C27H37N3O6S. The van der Waals surface area contributed by atoms with Crippen LogP contribution in [0, 0.1) is 0 Å². The Bertz CT molecular complexity index is 1080. The van der Waals surface area contributed by atoms with Gasteiger partial charge >= 0.3 is 5.97 Å². The van der Waals surface area contributed by atoms with E-state index in [0.717, 1.165) is 31.6 Å². The summed E-state index contributed by atoms with van der Waals surface area (Å²) in [6.45, 7) is 8.93. The van der Waals surface area contributed by atoms with Crippen LogP contribution in [0.3, 0.4) is 0 Å². The first-order valence-electron chi connectivity index (χ1n) is 12.8. The van der Waals surface area contributed by atoms with Crippen molar-refractivity contribution in [2.45, 2.75) is 64.6 Å². The third kappa shape index (κ3) is 7.01. The van der Waals surface area contributed by atoms with Crippen LogP contribution in [0.25, 0.3) is 0 Å². The van der Waals surface area contributed by atoms with Crippen LogP contribution < -0.4 is 15.0 Å². The lowest BCUT2D eigenvalue weighted by Crippen LogP contribution is -2.47. The highest BCUT2D eigenvalue weighted by Crippen LogP contribution is 2.32. The Morgan fingerprint density at radius 2 is 1.81 bits per heavy atom. The zero-order valence-corrected chi connectivity index (χ0v) is 22.8. The normalized spacial score (nSPS) is 18.0. The molecule has 2 saturated heterocycles. The van der Waals surface area contributed by atoms with Crippen LogP contribution >= 0.6 is 11.3 Å². The molecule has 1 aromatic carbocycles. The maximum Gasteiger partial charge on any atom is 0.350 e. The van der Waals surface area contributed by atoms with Crippen LogP contribution in [0.4, 0.5) is 11.4 Å².